The van der Waals surface area contributed by atoms with Crippen LogP contribution >= 0.6 is 0 Å². The zero-order valence-electron chi connectivity index (χ0n) is 21.1. The fourth-order valence-electron chi connectivity index (χ4n) is 3.53. The number of nitrogens with zero attached hydrogens (tertiary/aromatic N) is 3. The molecule has 0 radical (unpaired) electrons. The molecule has 10 heteroatoms. The van der Waals surface area contributed by atoms with E-state index in [1.165, 1.54) is 19.5 Å². The van der Waals surface area contributed by atoms with Crippen molar-refractivity contribution in [1.82, 2.24) is 25.0 Å². The lowest BCUT2D eigenvalue weighted by atomic mass is 10.1. The second-order valence-corrected chi connectivity index (χ2v) is 8.73. The minimum Gasteiger partial charge on any atom is -0.494 e. The van der Waals surface area contributed by atoms with Crippen LogP contribution in [0.5, 0.6) is 5.75 Å². The van der Waals surface area contributed by atoms with Crippen LogP contribution in [0, 0.1) is 5.92 Å². The highest BCUT2D eigenvalue weighted by Gasteiger charge is 2.19. The van der Waals surface area contributed by atoms with Gasteiger partial charge in [-0.1, -0.05) is 26.0 Å². The van der Waals surface area contributed by atoms with Gasteiger partial charge in [0.1, 0.15) is 22.6 Å². The Morgan fingerprint density at radius 1 is 1.03 bits per heavy atom. The van der Waals surface area contributed by atoms with Gasteiger partial charge in [0.2, 0.25) is 5.43 Å². The van der Waals surface area contributed by atoms with Crippen LogP contribution in [0.1, 0.15) is 46.5 Å². The van der Waals surface area contributed by atoms with Gasteiger partial charge in [0.15, 0.2) is 0 Å². The number of ether oxygens (including phenoxy) is 2. The third-order valence-electron chi connectivity index (χ3n) is 5.55. The summed E-state index contributed by atoms with van der Waals surface area (Å²) < 4.78 is 13.7. The number of hydrogen-bond donors (Lipinski definition) is 2. The zero-order chi connectivity index (χ0) is 26.1. The first kappa shape index (κ1) is 26.7. The molecule has 0 saturated heterocycles. The average molecular weight is 496 g/mol. The van der Waals surface area contributed by atoms with Crippen molar-refractivity contribution in [2.75, 3.05) is 27.4 Å². The van der Waals surface area contributed by atoms with E-state index < -0.39 is 17.2 Å². The summed E-state index contributed by atoms with van der Waals surface area (Å²) in [6.45, 7) is 5.47. The molecule has 0 fully saturated rings. The Kier molecular flexibility index (Phi) is 9.40. The summed E-state index contributed by atoms with van der Waals surface area (Å²) in [6, 6.07) is 7.45. The summed E-state index contributed by atoms with van der Waals surface area (Å²) >= 11 is 0. The minimum absolute atomic E-state index is 0.0773. The Labute approximate surface area is 210 Å². The molecule has 0 unspecified atom stereocenters. The molecule has 3 rings (SSSR count). The summed E-state index contributed by atoms with van der Waals surface area (Å²) in [4.78, 5) is 38.7. The molecule has 10 nitrogen and oxygen atoms in total. The molecule has 2 heterocycles. The monoisotopic (exact) mass is 495 g/mol. The first-order valence-electron chi connectivity index (χ1n) is 11.8. The van der Waals surface area contributed by atoms with Crippen molar-refractivity contribution in [2.24, 2.45) is 5.92 Å². The number of pyridine rings is 1. The SMILES string of the molecule is COCCNC(=O)c1cn(CCC(C)C)cc(C(=O)NCc2cnn(-c3ccccc3OC)c2)c1=O. The highest BCUT2D eigenvalue weighted by molar-refractivity contribution is 5.99. The van der Waals surface area contributed by atoms with Crippen LogP contribution in [0.3, 0.4) is 0 Å². The minimum atomic E-state index is -0.618. The van der Waals surface area contributed by atoms with Gasteiger partial charge in [-0.2, -0.15) is 5.10 Å². The maximum absolute atomic E-state index is 13.0. The van der Waals surface area contributed by atoms with Crippen LogP contribution in [0.25, 0.3) is 5.69 Å². The molecule has 2 aromatic heterocycles. The Morgan fingerprint density at radius 2 is 1.72 bits per heavy atom. The number of methoxy groups -OCH3 is 2. The summed E-state index contributed by atoms with van der Waals surface area (Å²) in [6.07, 6.45) is 7.24. The van der Waals surface area contributed by atoms with E-state index in [0.717, 1.165) is 17.7 Å². The predicted octanol–water partition coefficient (Wildman–Crippen LogP) is 2.39. The van der Waals surface area contributed by atoms with Gasteiger partial charge in [-0.3, -0.25) is 14.4 Å². The van der Waals surface area contributed by atoms with Gasteiger partial charge in [-0.25, -0.2) is 4.68 Å². The smallest absolute Gasteiger partial charge is 0.257 e. The average Bonchev–Trinajstić information content (AvgIpc) is 3.35. The third kappa shape index (κ3) is 6.82. The fourth-order valence-corrected chi connectivity index (χ4v) is 3.53. The molecule has 36 heavy (non-hydrogen) atoms. The van der Waals surface area contributed by atoms with E-state index in [1.54, 1.807) is 28.8 Å². The molecule has 0 aliphatic heterocycles. The first-order chi connectivity index (χ1) is 17.3. The lowest BCUT2D eigenvalue weighted by molar-refractivity contribution is 0.0935. The highest BCUT2D eigenvalue weighted by atomic mass is 16.5. The van der Waals surface area contributed by atoms with Gasteiger partial charge < -0.3 is 24.7 Å². The summed E-state index contributed by atoms with van der Waals surface area (Å²) in [5.74, 6) is -0.0165. The van der Waals surface area contributed by atoms with Gasteiger partial charge in [-0.15, -0.1) is 0 Å². The highest BCUT2D eigenvalue weighted by Crippen LogP contribution is 2.21. The van der Waals surface area contributed by atoms with Crippen molar-refractivity contribution in [2.45, 2.75) is 33.4 Å². The van der Waals surface area contributed by atoms with Crippen LogP contribution < -0.4 is 20.8 Å². The molecular formula is C26H33N5O5. The van der Waals surface area contributed by atoms with Crippen LogP contribution in [0.15, 0.2) is 53.8 Å². The summed E-state index contributed by atoms with van der Waals surface area (Å²) in [7, 11) is 3.11. The molecule has 0 aliphatic rings. The largest absolute Gasteiger partial charge is 0.494 e. The van der Waals surface area contributed by atoms with E-state index in [9.17, 15) is 14.4 Å². The molecule has 2 N–H and O–H groups in total. The number of amides is 2. The molecule has 0 spiro atoms. The van der Waals surface area contributed by atoms with Crippen molar-refractivity contribution in [3.63, 3.8) is 0 Å². The number of para-hydroxylation sites is 2. The molecule has 192 valence electrons. The van der Waals surface area contributed by atoms with Crippen LogP contribution in [-0.2, 0) is 17.8 Å². The quantitative estimate of drug-likeness (QED) is 0.373. The molecule has 0 bridgehead atoms. The standard InChI is InChI=1S/C26H33N5O5/c1-18(2)9-11-30-16-20(25(33)27-10-12-35-3)24(32)21(17-30)26(34)28-13-19-14-29-31(15-19)22-7-5-6-8-23(22)36-4/h5-8,14-18H,9-13H2,1-4H3,(H,27,33)(H,28,34). The molecule has 0 aliphatic carbocycles. The molecule has 0 saturated carbocycles. The van der Waals surface area contributed by atoms with E-state index in [-0.39, 0.29) is 24.2 Å². The molecular weight excluding hydrogens is 462 g/mol. The molecule has 2 amide bonds. The fraction of sp³-hybridized carbons (Fsp3) is 0.385. The van der Waals surface area contributed by atoms with Crippen LogP contribution in [-0.4, -0.2) is 53.5 Å². The lowest BCUT2D eigenvalue weighted by Crippen LogP contribution is -2.36. The number of aryl methyl sites for hydroxylation is 1. The van der Waals surface area contributed by atoms with Crippen molar-refractivity contribution >= 4 is 11.8 Å². The van der Waals surface area contributed by atoms with E-state index in [2.05, 4.69) is 29.6 Å². The first-order valence-corrected chi connectivity index (χ1v) is 11.8. The van der Waals surface area contributed by atoms with Crippen molar-refractivity contribution < 1.29 is 19.1 Å². The Morgan fingerprint density at radius 3 is 2.39 bits per heavy atom. The van der Waals surface area contributed by atoms with Gasteiger partial charge in [0, 0.05) is 50.9 Å². The summed E-state index contributed by atoms with van der Waals surface area (Å²) in [5, 5.41) is 9.77. The number of benzene rings is 1. The van der Waals surface area contributed by atoms with Crippen molar-refractivity contribution in [1.29, 1.82) is 0 Å². The number of carbonyl (C=O) groups excluding carboxylic acids is 2. The van der Waals surface area contributed by atoms with Crippen LogP contribution in [0.2, 0.25) is 0 Å². The Hall–Kier alpha value is -3.92. The number of nitrogens with one attached hydrogen (secondary N) is 2. The molecule has 1 aromatic carbocycles. The molecule has 3 aromatic rings. The van der Waals surface area contributed by atoms with E-state index >= 15 is 0 Å². The van der Waals surface area contributed by atoms with Crippen molar-refractivity contribution in [3.8, 4) is 11.4 Å². The van der Waals surface area contributed by atoms with Gasteiger partial charge in [0.05, 0.1) is 19.9 Å². The van der Waals surface area contributed by atoms with Gasteiger partial charge in [0.25, 0.3) is 11.8 Å². The second kappa shape index (κ2) is 12.7. The van der Waals surface area contributed by atoms with Gasteiger partial charge >= 0.3 is 0 Å². The maximum atomic E-state index is 13.0. The lowest BCUT2D eigenvalue weighted by Gasteiger charge is -2.13. The second-order valence-electron chi connectivity index (χ2n) is 8.73. The van der Waals surface area contributed by atoms with E-state index in [0.29, 0.717) is 24.8 Å². The van der Waals surface area contributed by atoms with Crippen LogP contribution in [0.4, 0.5) is 0 Å². The predicted molar refractivity (Wildman–Crippen MR) is 136 cm³/mol. The van der Waals surface area contributed by atoms with E-state index in [1.807, 2.05) is 24.3 Å². The molecule has 0 atom stereocenters. The Bertz CT molecular complexity index is 1250. The Balaban J connectivity index is 1.79. The van der Waals surface area contributed by atoms with E-state index in [4.69, 9.17) is 9.47 Å². The maximum Gasteiger partial charge on any atom is 0.257 e. The zero-order valence-corrected chi connectivity index (χ0v) is 21.1. The number of hydrogen-bond acceptors (Lipinski definition) is 6. The van der Waals surface area contributed by atoms with Gasteiger partial charge in [-0.05, 0) is 24.5 Å². The summed E-state index contributed by atoms with van der Waals surface area (Å²) in [5.41, 5.74) is 0.718. The normalized spacial score (nSPS) is 10.9. The number of aromatic nitrogens is 3. The number of carbonyl (C=O) groups is 2. The number of rotatable bonds is 12. The third-order valence-corrected chi connectivity index (χ3v) is 5.55. The topological polar surface area (TPSA) is 116 Å². The van der Waals surface area contributed by atoms with Crippen molar-refractivity contribution in [3.05, 3.63) is 76.0 Å².